The van der Waals surface area contributed by atoms with Gasteiger partial charge < -0.3 is 30.2 Å². The quantitative estimate of drug-likeness (QED) is 0.344. The van der Waals surface area contributed by atoms with Gasteiger partial charge in [0.2, 0.25) is 5.95 Å². The molecule has 3 N–H and O–H groups in total. The summed E-state index contributed by atoms with van der Waals surface area (Å²) in [5.41, 5.74) is 3.69. The second-order valence-electron chi connectivity index (χ2n) is 10.6. The molecule has 36 heavy (non-hydrogen) atoms. The monoisotopic (exact) mass is 532 g/mol. The molecule has 1 aliphatic heterocycles. The van der Waals surface area contributed by atoms with E-state index in [1.165, 1.54) is 0 Å². The Morgan fingerprint density at radius 2 is 2.00 bits per heavy atom. The SMILES string of the molecule is CN(C)CC1CCN(c2cc3[nH]c(Nc4cc(CNC(=O)OC(C)(C)C)ccc4Cl)nc3cc2Cl)C1. The van der Waals surface area contributed by atoms with Crippen molar-refractivity contribution in [2.45, 2.75) is 39.3 Å². The summed E-state index contributed by atoms with van der Waals surface area (Å²) in [5, 5.41) is 7.26. The van der Waals surface area contributed by atoms with E-state index in [1.54, 1.807) is 6.07 Å². The van der Waals surface area contributed by atoms with Crippen molar-refractivity contribution in [1.29, 1.82) is 0 Å². The van der Waals surface area contributed by atoms with Crippen LogP contribution in [0.25, 0.3) is 11.0 Å². The lowest BCUT2D eigenvalue weighted by atomic mass is 10.1. The van der Waals surface area contributed by atoms with Crippen molar-refractivity contribution in [1.82, 2.24) is 20.2 Å². The molecule has 3 aromatic rings. The lowest BCUT2D eigenvalue weighted by Crippen LogP contribution is -2.32. The molecular formula is C26H34Cl2N6O2. The Morgan fingerprint density at radius 1 is 1.22 bits per heavy atom. The molecule has 1 unspecified atom stereocenters. The Hall–Kier alpha value is -2.68. The summed E-state index contributed by atoms with van der Waals surface area (Å²) >= 11 is 13.1. The lowest BCUT2D eigenvalue weighted by Gasteiger charge is -2.21. The fourth-order valence-corrected chi connectivity index (χ4v) is 4.87. The van der Waals surface area contributed by atoms with Crippen molar-refractivity contribution in [3.05, 3.63) is 45.9 Å². The number of hydrogen-bond acceptors (Lipinski definition) is 6. The van der Waals surface area contributed by atoms with Crippen molar-refractivity contribution in [3.63, 3.8) is 0 Å². The van der Waals surface area contributed by atoms with E-state index in [1.807, 2.05) is 39.0 Å². The third-order valence-corrected chi connectivity index (χ3v) is 6.55. The zero-order valence-corrected chi connectivity index (χ0v) is 22.9. The van der Waals surface area contributed by atoms with Crippen molar-refractivity contribution in [3.8, 4) is 0 Å². The maximum Gasteiger partial charge on any atom is 0.407 e. The summed E-state index contributed by atoms with van der Waals surface area (Å²) in [6.45, 7) is 8.84. The third kappa shape index (κ3) is 6.75. The highest BCUT2D eigenvalue weighted by atomic mass is 35.5. The summed E-state index contributed by atoms with van der Waals surface area (Å²) in [4.78, 5) is 24.6. The van der Waals surface area contributed by atoms with Crippen molar-refractivity contribution < 1.29 is 9.53 Å². The average molecular weight is 534 g/mol. The molecule has 194 valence electrons. The van der Waals surface area contributed by atoms with Gasteiger partial charge in [-0.1, -0.05) is 29.3 Å². The van der Waals surface area contributed by atoms with Gasteiger partial charge in [-0.05, 0) is 77.0 Å². The van der Waals surface area contributed by atoms with Crippen LogP contribution >= 0.6 is 23.2 Å². The number of halogens is 2. The highest BCUT2D eigenvalue weighted by Crippen LogP contribution is 2.35. The highest BCUT2D eigenvalue weighted by Gasteiger charge is 2.25. The van der Waals surface area contributed by atoms with Gasteiger partial charge in [0.25, 0.3) is 0 Å². The number of hydrogen-bond donors (Lipinski definition) is 3. The molecular weight excluding hydrogens is 499 g/mol. The fraction of sp³-hybridized carbons (Fsp3) is 0.462. The Bertz CT molecular complexity index is 1240. The van der Waals surface area contributed by atoms with Gasteiger partial charge in [0.15, 0.2) is 0 Å². The molecule has 1 aliphatic rings. The molecule has 0 radical (unpaired) electrons. The Balaban J connectivity index is 1.47. The van der Waals surface area contributed by atoms with Crippen LogP contribution in [0.15, 0.2) is 30.3 Å². The first-order valence-corrected chi connectivity index (χ1v) is 12.8. The molecule has 4 rings (SSSR count). The van der Waals surface area contributed by atoms with Gasteiger partial charge in [0, 0.05) is 26.2 Å². The maximum absolute atomic E-state index is 12.0. The largest absolute Gasteiger partial charge is 0.444 e. The summed E-state index contributed by atoms with van der Waals surface area (Å²) in [6.07, 6.45) is 0.683. The first kappa shape index (κ1) is 26.4. The number of imidazole rings is 1. The minimum atomic E-state index is -0.552. The van der Waals surface area contributed by atoms with Crippen molar-refractivity contribution in [2.75, 3.05) is 43.9 Å². The number of benzene rings is 2. The lowest BCUT2D eigenvalue weighted by molar-refractivity contribution is 0.0523. The zero-order valence-electron chi connectivity index (χ0n) is 21.4. The van der Waals surface area contributed by atoms with Crippen LogP contribution in [-0.4, -0.2) is 60.3 Å². The molecule has 0 saturated carbocycles. The van der Waals surface area contributed by atoms with E-state index in [0.29, 0.717) is 34.1 Å². The fourth-order valence-electron chi connectivity index (χ4n) is 4.43. The summed E-state index contributed by atoms with van der Waals surface area (Å²) in [6, 6.07) is 9.48. The smallest absolute Gasteiger partial charge is 0.407 e. The van der Waals surface area contributed by atoms with Gasteiger partial charge >= 0.3 is 6.09 Å². The predicted molar refractivity (Wildman–Crippen MR) is 148 cm³/mol. The number of fused-ring (bicyclic) bond motifs is 1. The van der Waals surface area contributed by atoms with Crippen LogP contribution in [0, 0.1) is 5.92 Å². The van der Waals surface area contributed by atoms with Gasteiger partial charge in [-0.2, -0.15) is 0 Å². The van der Waals surface area contributed by atoms with Crippen molar-refractivity contribution >= 4 is 57.7 Å². The zero-order chi connectivity index (χ0) is 26.0. The van der Waals surface area contributed by atoms with Gasteiger partial charge in [0.05, 0.1) is 32.5 Å². The summed E-state index contributed by atoms with van der Waals surface area (Å²) < 4.78 is 5.30. The van der Waals surface area contributed by atoms with E-state index in [0.717, 1.165) is 48.3 Å². The normalized spacial score (nSPS) is 16.1. The summed E-state index contributed by atoms with van der Waals surface area (Å²) in [5.74, 6) is 1.19. The van der Waals surface area contributed by atoms with Crippen LogP contribution in [0.1, 0.15) is 32.8 Å². The minimum absolute atomic E-state index is 0.310. The van der Waals surface area contributed by atoms with Crippen LogP contribution in [0.5, 0.6) is 0 Å². The number of aromatic amines is 1. The molecule has 0 aliphatic carbocycles. The molecule has 1 atom stereocenters. The van der Waals surface area contributed by atoms with E-state index >= 15 is 0 Å². The topological polar surface area (TPSA) is 85.5 Å². The number of carbonyl (C=O) groups excluding carboxylic acids is 1. The number of anilines is 3. The Morgan fingerprint density at radius 3 is 2.72 bits per heavy atom. The molecule has 1 aromatic heterocycles. The Kier molecular flexibility index (Phi) is 7.87. The number of amides is 1. The van der Waals surface area contributed by atoms with E-state index in [9.17, 15) is 4.79 Å². The van der Waals surface area contributed by atoms with Crippen LogP contribution < -0.4 is 15.5 Å². The minimum Gasteiger partial charge on any atom is -0.444 e. The van der Waals surface area contributed by atoms with Crippen LogP contribution in [0.4, 0.5) is 22.1 Å². The number of aromatic nitrogens is 2. The number of ether oxygens (including phenoxy) is 1. The molecule has 0 spiro atoms. The van der Waals surface area contributed by atoms with Crippen molar-refractivity contribution in [2.24, 2.45) is 5.92 Å². The van der Waals surface area contributed by atoms with Crippen LogP contribution in [-0.2, 0) is 11.3 Å². The standard InChI is InChI=1S/C26H34Cl2N6O2/c1-26(2,3)36-25(35)29-13-16-6-7-18(27)20(10-16)30-24-31-21-11-19(28)23(12-22(21)32-24)34-9-8-17(15-34)14-33(4)5/h6-7,10-12,17H,8-9,13-15H2,1-5H3,(H,29,35)(H2,30,31,32). The van der Waals surface area contributed by atoms with Crippen LogP contribution in [0.3, 0.4) is 0 Å². The van der Waals surface area contributed by atoms with Gasteiger partial charge in [-0.15, -0.1) is 0 Å². The number of alkyl carbamates (subject to hydrolysis) is 1. The van der Waals surface area contributed by atoms with Gasteiger partial charge in [-0.25, -0.2) is 9.78 Å². The molecule has 1 fully saturated rings. The first-order valence-electron chi connectivity index (χ1n) is 12.1. The third-order valence-electron chi connectivity index (χ3n) is 5.92. The molecule has 2 aromatic carbocycles. The highest BCUT2D eigenvalue weighted by molar-refractivity contribution is 6.34. The van der Waals surface area contributed by atoms with E-state index in [-0.39, 0.29) is 0 Å². The van der Waals surface area contributed by atoms with Gasteiger partial charge in [-0.3, -0.25) is 0 Å². The maximum atomic E-state index is 12.0. The molecule has 0 bridgehead atoms. The number of nitrogens with one attached hydrogen (secondary N) is 3. The predicted octanol–water partition coefficient (Wildman–Crippen LogP) is 6.03. The second-order valence-corrected chi connectivity index (χ2v) is 11.4. The molecule has 1 amide bonds. The van der Waals surface area contributed by atoms with E-state index < -0.39 is 11.7 Å². The summed E-state index contributed by atoms with van der Waals surface area (Å²) in [7, 11) is 4.22. The van der Waals surface area contributed by atoms with Gasteiger partial charge in [0.1, 0.15) is 5.60 Å². The molecule has 2 heterocycles. The number of rotatable bonds is 7. The molecule has 8 nitrogen and oxygen atoms in total. The number of carbonyl (C=O) groups is 1. The Labute approximate surface area is 222 Å². The average Bonchev–Trinajstić information content (AvgIpc) is 3.38. The molecule has 10 heteroatoms. The van der Waals surface area contributed by atoms with E-state index in [2.05, 4.69) is 50.6 Å². The second kappa shape index (κ2) is 10.7. The number of nitrogens with zero attached hydrogens (tertiary/aromatic N) is 3. The van der Waals surface area contributed by atoms with E-state index in [4.69, 9.17) is 27.9 Å². The first-order chi connectivity index (χ1) is 17.0. The number of H-pyrrole nitrogens is 1. The van der Waals surface area contributed by atoms with Crippen LogP contribution in [0.2, 0.25) is 10.0 Å². The molecule has 1 saturated heterocycles.